The van der Waals surface area contributed by atoms with Crippen molar-refractivity contribution in [3.63, 3.8) is 0 Å². The van der Waals surface area contributed by atoms with Gasteiger partial charge in [-0.2, -0.15) is 0 Å². The Bertz CT molecular complexity index is 685. The molecule has 0 fully saturated rings. The maximum Gasteiger partial charge on any atom is 0.328 e. The first kappa shape index (κ1) is 12.3. The van der Waals surface area contributed by atoms with Gasteiger partial charge in [-0.1, -0.05) is 11.6 Å². The van der Waals surface area contributed by atoms with E-state index in [9.17, 15) is 14.4 Å². The lowest BCUT2D eigenvalue weighted by Gasteiger charge is -2.03. The zero-order chi connectivity index (χ0) is 13.1. The molecule has 1 aromatic carbocycles. The fraction of sp³-hybridized carbons (Fsp3) is 0.0833. The molecule has 1 aromatic heterocycles. The van der Waals surface area contributed by atoms with Crippen molar-refractivity contribution in [3.05, 3.63) is 68.0 Å². The van der Waals surface area contributed by atoms with Crippen molar-refractivity contribution >= 4 is 17.4 Å². The summed E-state index contributed by atoms with van der Waals surface area (Å²) in [6, 6.07) is 7.56. The van der Waals surface area contributed by atoms with Crippen molar-refractivity contribution in [1.29, 1.82) is 0 Å². The Hall–Kier alpha value is -2.14. The summed E-state index contributed by atoms with van der Waals surface area (Å²) in [4.78, 5) is 36.2. The number of ketones is 1. The molecule has 18 heavy (non-hydrogen) atoms. The van der Waals surface area contributed by atoms with Crippen LogP contribution in [-0.2, 0) is 6.54 Å². The number of halogens is 1. The molecule has 1 heterocycles. The number of hydrogen-bond acceptors (Lipinski definition) is 3. The Morgan fingerprint density at radius 2 is 1.83 bits per heavy atom. The molecule has 0 amide bonds. The van der Waals surface area contributed by atoms with Crippen molar-refractivity contribution < 1.29 is 4.79 Å². The summed E-state index contributed by atoms with van der Waals surface area (Å²) < 4.78 is 1.14. The summed E-state index contributed by atoms with van der Waals surface area (Å²) in [5.41, 5.74) is -0.641. The monoisotopic (exact) mass is 264 g/mol. The first-order valence-corrected chi connectivity index (χ1v) is 5.52. The highest BCUT2D eigenvalue weighted by atomic mass is 35.5. The van der Waals surface area contributed by atoms with Crippen molar-refractivity contribution in [2.45, 2.75) is 6.54 Å². The maximum atomic E-state index is 11.9. The number of H-pyrrole nitrogens is 1. The average molecular weight is 265 g/mol. The van der Waals surface area contributed by atoms with Crippen LogP contribution in [0.2, 0.25) is 5.02 Å². The number of aromatic nitrogens is 2. The zero-order valence-corrected chi connectivity index (χ0v) is 9.98. The Labute approximate surface area is 107 Å². The molecule has 0 spiro atoms. The highest BCUT2D eigenvalue weighted by molar-refractivity contribution is 6.30. The Kier molecular flexibility index (Phi) is 3.43. The lowest BCUT2D eigenvalue weighted by atomic mass is 10.1. The van der Waals surface area contributed by atoms with Gasteiger partial charge in [0.05, 0.1) is 6.54 Å². The molecule has 0 aliphatic rings. The summed E-state index contributed by atoms with van der Waals surface area (Å²) in [5, 5.41) is 0.535. The van der Waals surface area contributed by atoms with Crippen LogP contribution in [0.5, 0.6) is 0 Å². The van der Waals surface area contributed by atoms with Gasteiger partial charge in [-0.3, -0.25) is 19.1 Å². The fourth-order valence-electron chi connectivity index (χ4n) is 1.45. The van der Waals surface area contributed by atoms with Gasteiger partial charge in [0.25, 0.3) is 5.56 Å². The Morgan fingerprint density at radius 1 is 1.17 bits per heavy atom. The SMILES string of the molecule is O=C(Cn1ccc(=O)[nH]c1=O)c1ccc(Cl)cc1. The molecular formula is C12H9ClN2O3. The van der Waals surface area contributed by atoms with Crippen LogP contribution < -0.4 is 11.2 Å². The predicted octanol–water partition coefficient (Wildman–Crippen LogP) is 1.07. The molecule has 0 unspecified atom stereocenters. The number of benzene rings is 1. The molecule has 0 aliphatic carbocycles. The number of hydrogen-bond donors (Lipinski definition) is 1. The normalized spacial score (nSPS) is 10.3. The first-order chi connectivity index (χ1) is 8.56. The molecule has 1 N–H and O–H groups in total. The molecule has 2 rings (SSSR count). The van der Waals surface area contributed by atoms with E-state index in [-0.39, 0.29) is 12.3 Å². The van der Waals surface area contributed by atoms with Crippen LogP contribution in [0.15, 0.2) is 46.1 Å². The summed E-state index contributed by atoms with van der Waals surface area (Å²) in [5.74, 6) is -0.235. The van der Waals surface area contributed by atoms with Crippen LogP contribution in [0.1, 0.15) is 10.4 Å². The molecular weight excluding hydrogens is 256 g/mol. The number of carbonyl (C=O) groups is 1. The van der Waals surface area contributed by atoms with E-state index in [1.54, 1.807) is 24.3 Å². The number of Topliss-reactive ketones (excluding diaryl/α,β-unsaturated/α-hetero) is 1. The second kappa shape index (κ2) is 5.01. The van der Waals surface area contributed by atoms with Gasteiger partial charge in [0.2, 0.25) is 0 Å². The largest absolute Gasteiger partial charge is 0.328 e. The number of aromatic amines is 1. The van der Waals surface area contributed by atoms with Gasteiger partial charge in [0.1, 0.15) is 0 Å². The minimum Gasteiger partial charge on any atom is -0.293 e. The molecule has 0 saturated heterocycles. The molecule has 0 saturated carbocycles. The lowest BCUT2D eigenvalue weighted by molar-refractivity contribution is 0.0970. The third kappa shape index (κ3) is 2.75. The van der Waals surface area contributed by atoms with Crippen LogP contribution in [0.4, 0.5) is 0 Å². The van der Waals surface area contributed by atoms with Gasteiger partial charge in [-0.25, -0.2) is 4.79 Å². The first-order valence-electron chi connectivity index (χ1n) is 5.15. The van der Waals surface area contributed by atoms with Crippen molar-refractivity contribution in [3.8, 4) is 0 Å². The van der Waals surface area contributed by atoms with Crippen molar-refractivity contribution in [2.24, 2.45) is 0 Å². The second-order valence-electron chi connectivity index (χ2n) is 3.67. The summed E-state index contributed by atoms with van der Waals surface area (Å²) in [6.07, 6.45) is 1.29. The molecule has 2 aromatic rings. The highest BCUT2D eigenvalue weighted by Crippen LogP contribution is 2.10. The van der Waals surface area contributed by atoms with Crippen LogP contribution in [-0.4, -0.2) is 15.3 Å². The smallest absolute Gasteiger partial charge is 0.293 e. The molecule has 6 heteroatoms. The van der Waals surface area contributed by atoms with Gasteiger partial charge in [0.15, 0.2) is 5.78 Å². The van der Waals surface area contributed by atoms with E-state index in [2.05, 4.69) is 4.98 Å². The topological polar surface area (TPSA) is 71.9 Å². The van der Waals surface area contributed by atoms with Gasteiger partial charge in [0, 0.05) is 22.8 Å². The third-order valence-corrected chi connectivity index (χ3v) is 2.63. The van der Waals surface area contributed by atoms with Crippen molar-refractivity contribution in [1.82, 2.24) is 9.55 Å². The van der Waals surface area contributed by atoms with Crippen LogP contribution in [0.25, 0.3) is 0 Å². The van der Waals surface area contributed by atoms with Crippen LogP contribution >= 0.6 is 11.6 Å². The summed E-state index contributed by atoms with van der Waals surface area (Å²) in [6.45, 7) is -0.128. The predicted molar refractivity (Wildman–Crippen MR) is 67.1 cm³/mol. The van der Waals surface area contributed by atoms with E-state index in [1.165, 1.54) is 12.3 Å². The van der Waals surface area contributed by atoms with Gasteiger partial charge < -0.3 is 0 Å². The number of nitrogens with one attached hydrogen (secondary N) is 1. The molecule has 0 radical (unpaired) electrons. The van der Waals surface area contributed by atoms with E-state index >= 15 is 0 Å². The van der Waals surface area contributed by atoms with Gasteiger partial charge in [-0.15, -0.1) is 0 Å². The quantitative estimate of drug-likeness (QED) is 0.843. The van der Waals surface area contributed by atoms with E-state index < -0.39 is 11.2 Å². The number of rotatable bonds is 3. The second-order valence-corrected chi connectivity index (χ2v) is 4.10. The fourth-order valence-corrected chi connectivity index (χ4v) is 1.58. The summed E-state index contributed by atoms with van der Waals surface area (Å²) >= 11 is 5.71. The highest BCUT2D eigenvalue weighted by Gasteiger charge is 2.07. The molecule has 5 nitrogen and oxygen atoms in total. The Balaban J connectivity index is 2.24. The van der Waals surface area contributed by atoms with E-state index in [1.807, 2.05) is 0 Å². The van der Waals surface area contributed by atoms with E-state index in [0.29, 0.717) is 10.6 Å². The minimum atomic E-state index is -0.607. The Morgan fingerprint density at radius 3 is 2.44 bits per heavy atom. The minimum absolute atomic E-state index is 0.128. The van der Waals surface area contributed by atoms with Gasteiger partial charge >= 0.3 is 5.69 Å². The third-order valence-electron chi connectivity index (χ3n) is 2.38. The van der Waals surface area contributed by atoms with Crippen LogP contribution in [0, 0.1) is 0 Å². The van der Waals surface area contributed by atoms with E-state index in [4.69, 9.17) is 11.6 Å². The standard InChI is InChI=1S/C12H9ClN2O3/c13-9-3-1-8(2-4-9)10(16)7-15-6-5-11(17)14-12(15)18/h1-6H,7H2,(H,14,17,18). The van der Waals surface area contributed by atoms with E-state index in [0.717, 1.165) is 4.57 Å². The number of carbonyl (C=O) groups excluding carboxylic acids is 1. The van der Waals surface area contributed by atoms with Crippen molar-refractivity contribution in [2.75, 3.05) is 0 Å². The number of nitrogens with zero attached hydrogens (tertiary/aromatic N) is 1. The molecule has 0 aliphatic heterocycles. The zero-order valence-electron chi connectivity index (χ0n) is 9.22. The lowest BCUT2D eigenvalue weighted by Crippen LogP contribution is -2.30. The van der Waals surface area contributed by atoms with Gasteiger partial charge in [-0.05, 0) is 24.3 Å². The molecule has 0 atom stereocenters. The average Bonchev–Trinajstić information content (AvgIpc) is 2.33. The molecule has 92 valence electrons. The maximum absolute atomic E-state index is 11.9. The molecule has 0 bridgehead atoms. The van der Waals surface area contributed by atoms with Crippen LogP contribution in [0.3, 0.4) is 0 Å². The summed E-state index contributed by atoms with van der Waals surface area (Å²) in [7, 11) is 0.